The maximum atomic E-state index is 11.9. The lowest BCUT2D eigenvalue weighted by Crippen LogP contribution is -2.45. The van der Waals surface area contributed by atoms with Crippen molar-refractivity contribution >= 4 is 12.0 Å². The molecule has 2 amide bonds. The Labute approximate surface area is 107 Å². The average Bonchev–Trinajstić information content (AvgIpc) is 2.53. The SMILES string of the molecule is CC1CCCCCN1C(=O)NCCC(O)C(=O)O. The van der Waals surface area contributed by atoms with Crippen LogP contribution >= 0.6 is 0 Å². The van der Waals surface area contributed by atoms with E-state index in [1.54, 1.807) is 4.90 Å². The van der Waals surface area contributed by atoms with E-state index in [0.29, 0.717) is 0 Å². The molecule has 1 heterocycles. The van der Waals surface area contributed by atoms with Gasteiger partial charge in [0.05, 0.1) is 0 Å². The summed E-state index contributed by atoms with van der Waals surface area (Å²) in [4.78, 5) is 24.1. The molecule has 1 saturated heterocycles. The predicted octanol–water partition coefficient (Wildman–Crippen LogP) is 0.796. The van der Waals surface area contributed by atoms with Crippen LogP contribution in [0.4, 0.5) is 4.79 Å². The third-order valence-corrected chi connectivity index (χ3v) is 3.29. The van der Waals surface area contributed by atoms with Crippen molar-refractivity contribution in [1.82, 2.24) is 10.2 Å². The summed E-state index contributed by atoms with van der Waals surface area (Å²) < 4.78 is 0. The first-order valence-corrected chi connectivity index (χ1v) is 6.47. The van der Waals surface area contributed by atoms with Crippen LogP contribution < -0.4 is 5.32 Å². The number of amides is 2. The maximum Gasteiger partial charge on any atom is 0.332 e. The van der Waals surface area contributed by atoms with Gasteiger partial charge in [-0.05, 0) is 19.8 Å². The van der Waals surface area contributed by atoms with Gasteiger partial charge < -0.3 is 20.4 Å². The van der Waals surface area contributed by atoms with E-state index in [-0.39, 0.29) is 25.0 Å². The first-order chi connectivity index (χ1) is 8.52. The lowest BCUT2D eigenvalue weighted by Gasteiger charge is -2.27. The zero-order valence-corrected chi connectivity index (χ0v) is 10.8. The van der Waals surface area contributed by atoms with E-state index in [4.69, 9.17) is 10.2 Å². The molecule has 0 bridgehead atoms. The molecule has 0 aliphatic carbocycles. The number of hydrogen-bond donors (Lipinski definition) is 3. The molecule has 0 spiro atoms. The molecule has 0 radical (unpaired) electrons. The number of aliphatic carboxylic acids is 1. The number of carbonyl (C=O) groups excluding carboxylic acids is 1. The Bertz CT molecular complexity index is 296. The van der Waals surface area contributed by atoms with Crippen LogP contribution in [0.3, 0.4) is 0 Å². The number of carboxylic acid groups (broad SMARTS) is 1. The largest absolute Gasteiger partial charge is 0.479 e. The maximum absolute atomic E-state index is 11.9. The van der Waals surface area contributed by atoms with Gasteiger partial charge in [0.25, 0.3) is 0 Å². The Morgan fingerprint density at radius 1 is 1.39 bits per heavy atom. The molecule has 0 aromatic rings. The van der Waals surface area contributed by atoms with Crippen LogP contribution in [0, 0.1) is 0 Å². The van der Waals surface area contributed by atoms with E-state index in [2.05, 4.69) is 5.32 Å². The number of aliphatic hydroxyl groups excluding tert-OH is 1. The molecule has 0 saturated carbocycles. The zero-order chi connectivity index (χ0) is 13.5. The number of carbonyl (C=O) groups is 2. The topological polar surface area (TPSA) is 89.9 Å². The molecule has 104 valence electrons. The molecule has 1 aliphatic rings. The van der Waals surface area contributed by atoms with Gasteiger partial charge in [-0.1, -0.05) is 12.8 Å². The Balaban J connectivity index is 2.32. The van der Waals surface area contributed by atoms with Crippen molar-refractivity contribution < 1.29 is 19.8 Å². The van der Waals surface area contributed by atoms with Crippen molar-refractivity contribution in [2.24, 2.45) is 0 Å². The molecule has 6 nitrogen and oxygen atoms in total. The van der Waals surface area contributed by atoms with Gasteiger partial charge in [0, 0.05) is 25.6 Å². The lowest BCUT2D eigenvalue weighted by atomic mass is 10.1. The first-order valence-electron chi connectivity index (χ1n) is 6.47. The molecule has 1 fully saturated rings. The molecular weight excluding hydrogens is 236 g/mol. The van der Waals surface area contributed by atoms with Crippen LogP contribution in [0.5, 0.6) is 0 Å². The second kappa shape index (κ2) is 7.20. The van der Waals surface area contributed by atoms with Crippen LogP contribution in [0.15, 0.2) is 0 Å². The van der Waals surface area contributed by atoms with Crippen LogP contribution in [0.25, 0.3) is 0 Å². The molecule has 2 atom stereocenters. The second-order valence-corrected chi connectivity index (χ2v) is 4.77. The third-order valence-electron chi connectivity index (χ3n) is 3.29. The minimum Gasteiger partial charge on any atom is -0.479 e. The summed E-state index contributed by atoms with van der Waals surface area (Å²) in [6, 6.07) is 0.0545. The summed E-state index contributed by atoms with van der Waals surface area (Å²) in [5.74, 6) is -1.26. The summed E-state index contributed by atoms with van der Waals surface area (Å²) in [5, 5.41) is 20.2. The highest BCUT2D eigenvalue weighted by molar-refractivity contribution is 5.75. The molecule has 0 aromatic heterocycles. The summed E-state index contributed by atoms with van der Waals surface area (Å²) >= 11 is 0. The number of likely N-dealkylation sites (tertiary alicyclic amines) is 1. The van der Waals surface area contributed by atoms with E-state index in [1.165, 1.54) is 0 Å². The fourth-order valence-corrected chi connectivity index (χ4v) is 2.12. The van der Waals surface area contributed by atoms with Crippen molar-refractivity contribution in [2.45, 2.75) is 51.2 Å². The zero-order valence-electron chi connectivity index (χ0n) is 10.8. The number of carboxylic acids is 1. The van der Waals surface area contributed by atoms with Gasteiger partial charge >= 0.3 is 12.0 Å². The predicted molar refractivity (Wildman–Crippen MR) is 66.3 cm³/mol. The van der Waals surface area contributed by atoms with Gasteiger partial charge in [0.15, 0.2) is 6.10 Å². The van der Waals surface area contributed by atoms with Crippen molar-refractivity contribution in [1.29, 1.82) is 0 Å². The van der Waals surface area contributed by atoms with Crippen molar-refractivity contribution in [3.05, 3.63) is 0 Å². The summed E-state index contributed by atoms with van der Waals surface area (Å²) in [6.07, 6.45) is 2.92. The van der Waals surface area contributed by atoms with Crippen LogP contribution in [0.2, 0.25) is 0 Å². The second-order valence-electron chi connectivity index (χ2n) is 4.77. The Kier molecular flexibility index (Phi) is 5.91. The minimum atomic E-state index is -1.41. The Hall–Kier alpha value is -1.30. The normalized spacial score (nSPS) is 22.1. The van der Waals surface area contributed by atoms with Gasteiger partial charge in [-0.25, -0.2) is 9.59 Å². The molecule has 3 N–H and O–H groups in total. The van der Waals surface area contributed by atoms with Gasteiger partial charge in [-0.15, -0.1) is 0 Å². The summed E-state index contributed by atoms with van der Waals surface area (Å²) in [7, 11) is 0. The lowest BCUT2D eigenvalue weighted by molar-refractivity contribution is -0.146. The van der Waals surface area contributed by atoms with Gasteiger partial charge in [-0.3, -0.25) is 0 Å². The number of urea groups is 1. The number of nitrogens with one attached hydrogen (secondary N) is 1. The van der Waals surface area contributed by atoms with Gasteiger partial charge in [-0.2, -0.15) is 0 Å². The minimum absolute atomic E-state index is 0.0310. The van der Waals surface area contributed by atoms with E-state index in [9.17, 15) is 9.59 Å². The highest BCUT2D eigenvalue weighted by atomic mass is 16.4. The number of rotatable bonds is 4. The molecule has 6 heteroatoms. The number of hydrogen-bond acceptors (Lipinski definition) is 3. The number of nitrogens with zero attached hydrogens (tertiary/aromatic N) is 1. The van der Waals surface area contributed by atoms with Gasteiger partial charge in [0.2, 0.25) is 0 Å². The van der Waals surface area contributed by atoms with E-state index >= 15 is 0 Å². The standard InChI is InChI=1S/C12H22N2O4/c1-9-5-3-2-4-8-14(9)12(18)13-7-6-10(15)11(16)17/h9-10,15H,2-8H2,1H3,(H,13,18)(H,16,17). The Morgan fingerprint density at radius 2 is 2.11 bits per heavy atom. The summed E-state index contributed by atoms with van der Waals surface area (Å²) in [5.41, 5.74) is 0. The van der Waals surface area contributed by atoms with Crippen LogP contribution in [-0.4, -0.2) is 52.3 Å². The quantitative estimate of drug-likeness (QED) is 0.695. The molecule has 18 heavy (non-hydrogen) atoms. The monoisotopic (exact) mass is 258 g/mol. The third kappa shape index (κ3) is 4.52. The molecule has 0 aromatic carbocycles. The average molecular weight is 258 g/mol. The van der Waals surface area contributed by atoms with E-state index < -0.39 is 12.1 Å². The first kappa shape index (κ1) is 14.8. The fourth-order valence-electron chi connectivity index (χ4n) is 2.12. The molecule has 2 unspecified atom stereocenters. The van der Waals surface area contributed by atoms with Crippen LogP contribution in [-0.2, 0) is 4.79 Å². The van der Waals surface area contributed by atoms with E-state index in [0.717, 1.165) is 32.2 Å². The smallest absolute Gasteiger partial charge is 0.332 e. The van der Waals surface area contributed by atoms with Crippen molar-refractivity contribution in [3.8, 4) is 0 Å². The number of aliphatic hydroxyl groups is 1. The molecule has 1 aliphatic heterocycles. The van der Waals surface area contributed by atoms with Crippen molar-refractivity contribution in [3.63, 3.8) is 0 Å². The molecule has 1 rings (SSSR count). The fraction of sp³-hybridized carbons (Fsp3) is 0.833. The highest BCUT2D eigenvalue weighted by Gasteiger charge is 2.22. The van der Waals surface area contributed by atoms with Crippen LogP contribution in [0.1, 0.15) is 39.0 Å². The van der Waals surface area contributed by atoms with Crippen molar-refractivity contribution in [2.75, 3.05) is 13.1 Å². The highest BCUT2D eigenvalue weighted by Crippen LogP contribution is 2.16. The Morgan fingerprint density at radius 3 is 2.78 bits per heavy atom. The molecular formula is C12H22N2O4. The van der Waals surface area contributed by atoms with E-state index in [1.807, 2.05) is 6.92 Å². The van der Waals surface area contributed by atoms with Gasteiger partial charge in [0.1, 0.15) is 0 Å². The summed E-state index contributed by atoms with van der Waals surface area (Å²) in [6.45, 7) is 2.95.